The van der Waals surface area contributed by atoms with Gasteiger partial charge in [0.1, 0.15) is 18.0 Å². The maximum Gasteiger partial charge on any atom is 0.253 e. The van der Waals surface area contributed by atoms with Crippen molar-refractivity contribution in [3.8, 4) is 11.3 Å². The monoisotopic (exact) mass is 391 g/mol. The van der Waals surface area contributed by atoms with Gasteiger partial charge in [-0.3, -0.25) is 14.3 Å². The van der Waals surface area contributed by atoms with Gasteiger partial charge in [0.25, 0.3) is 5.56 Å². The zero-order valence-electron chi connectivity index (χ0n) is 16.8. The Labute approximate surface area is 169 Å². The second kappa shape index (κ2) is 8.38. The largest absolute Gasteiger partial charge is 0.363 e. The standard InChI is InChI=1S/C21H25N7O/c1-26(2)19-12-20(24-14-23-19)27-9-5-16(6-10-27)13-28-15-25-18(11-21(28)29)17-3-7-22-8-4-17/h3-4,7-8,11-12,14-16H,5-6,9-10,13H2,1-2H3. The van der Waals surface area contributed by atoms with Crippen LogP contribution in [0.5, 0.6) is 0 Å². The first kappa shape index (κ1) is 19.0. The molecule has 0 aromatic carbocycles. The van der Waals surface area contributed by atoms with Crippen LogP contribution >= 0.6 is 0 Å². The molecule has 1 saturated heterocycles. The first-order valence-corrected chi connectivity index (χ1v) is 9.81. The molecule has 0 aliphatic carbocycles. The molecule has 150 valence electrons. The molecule has 4 heterocycles. The lowest BCUT2D eigenvalue weighted by atomic mass is 9.96. The van der Waals surface area contributed by atoms with E-state index < -0.39 is 0 Å². The molecule has 1 aliphatic heterocycles. The zero-order valence-corrected chi connectivity index (χ0v) is 16.8. The Kier molecular flexibility index (Phi) is 5.50. The van der Waals surface area contributed by atoms with E-state index in [0.29, 0.717) is 18.2 Å². The molecule has 0 amide bonds. The van der Waals surface area contributed by atoms with Crippen molar-refractivity contribution in [3.05, 3.63) is 59.7 Å². The Morgan fingerprint density at radius 1 is 1.07 bits per heavy atom. The second-order valence-corrected chi connectivity index (χ2v) is 7.56. The van der Waals surface area contributed by atoms with Gasteiger partial charge in [-0.25, -0.2) is 15.0 Å². The Hall–Kier alpha value is -3.29. The average Bonchev–Trinajstić information content (AvgIpc) is 2.76. The lowest BCUT2D eigenvalue weighted by molar-refractivity contribution is 0.350. The molecule has 29 heavy (non-hydrogen) atoms. The van der Waals surface area contributed by atoms with E-state index in [2.05, 4.69) is 24.8 Å². The van der Waals surface area contributed by atoms with Crippen molar-refractivity contribution in [1.82, 2.24) is 24.5 Å². The van der Waals surface area contributed by atoms with Crippen LogP contribution in [0, 0.1) is 5.92 Å². The summed E-state index contributed by atoms with van der Waals surface area (Å²) < 4.78 is 1.72. The highest BCUT2D eigenvalue weighted by atomic mass is 16.1. The van der Waals surface area contributed by atoms with Crippen LogP contribution in [-0.4, -0.2) is 51.7 Å². The lowest BCUT2D eigenvalue weighted by Crippen LogP contribution is -2.37. The summed E-state index contributed by atoms with van der Waals surface area (Å²) in [6.07, 6.45) is 8.72. The van der Waals surface area contributed by atoms with Crippen molar-refractivity contribution in [2.75, 3.05) is 37.0 Å². The number of anilines is 2. The minimum Gasteiger partial charge on any atom is -0.363 e. The fourth-order valence-corrected chi connectivity index (χ4v) is 3.62. The summed E-state index contributed by atoms with van der Waals surface area (Å²) in [5, 5.41) is 0. The maximum atomic E-state index is 12.5. The van der Waals surface area contributed by atoms with Crippen LogP contribution in [0.4, 0.5) is 11.6 Å². The van der Waals surface area contributed by atoms with Gasteiger partial charge in [-0.1, -0.05) is 0 Å². The summed E-state index contributed by atoms with van der Waals surface area (Å²) in [7, 11) is 3.95. The van der Waals surface area contributed by atoms with Gasteiger partial charge in [-0.05, 0) is 30.9 Å². The molecule has 0 bridgehead atoms. The highest BCUT2D eigenvalue weighted by molar-refractivity contribution is 5.57. The maximum absolute atomic E-state index is 12.5. The molecule has 0 radical (unpaired) electrons. The third kappa shape index (κ3) is 4.42. The third-order valence-corrected chi connectivity index (χ3v) is 5.35. The molecular weight excluding hydrogens is 366 g/mol. The van der Waals surface area contributed by atoms with E-state index in [9.17, 15) is 4.79 Å². The Bertz CT molecular complexity index is 1010. The Morgan fingerprint density at radius 3 is 2.52 bits per heavy atom. The second-order valence-electron chi connectivity index (χ2n) is 7.56. The van der Waals surface area contributed by atoms with Crippen molar-refractivity contribution in [2.24, 2.45) is 5.92 Å². The van der Waals surface area contributed by atoms with Gasteiger partial charge >= 0.3 is 0 Å². The molecular formula is C21H25N7O. The van der Waals surface area contributed by atoms with Crippen molar-refractivity contribution >= 4 is 11.6 Å². The molecule has 0 saturated carbocycles. The van der Waals surface area contributed by atoms with Crippen molar-refractivity contribution in [2.45, 2.75) is 19.4 Å². The normalized spacial score (nSPS) is 14.8. The van der Waals surface area contributed by atoms with Crippen molar-refractivity contribution < 1.29 is 0 Å². The molecule has 3 aromatic rings. The number of piperidine rings is 1. The summed E-state index contributed by atoms with van der Waals surface area (Å²) in [5.74, 6) is 2.32. The summed E-state index contributed by atoms with van der Waals surface area (Å²) in [4.78, 5) is 34.0. The number of hydrogen-bond acceptors (Lipinski definition) is 7. The molecule has 0 N–H and O–H groups in total. The predicted molar refractivity (Wildman–Crippen MR) is 113 cm³/mol. The van der Waals surface area contributed by atoms with E-state index in [1.54, 1.807) is 35.7 Å². The quantitative estimate of drug-likeness (QED) is 0.659. The van der Waals surface area contributed by atoms with Crippen LogP contribution in [0.15, 0.2) is 54.1 Å². The van der Waals surface area contributed by atoms with E-state index in [1.807, 2.05) is 37.2 Å². The number of hydrogen-bond donors (Lipinski definition) is 0. The predicted octanol–water partition coefficient (Wildman–Crippen LogP) is 2.08. The fourth-order valence-electron chi connectivity index (χ4n) is 3.62. The first-order valence-electron chi connectivity index (χ1n) is 9.81. The molecule has 1 fully saturated rings. The summed E-state index contributed by atoms with van der Waals surface area (Å²) >= 11 is 0. The van der Waals surface area contributed by atoms with Crippen molar-refractivity contribution in [1.29, 1.82) is 0 Å². The van der Waals surface area contributed by atoms with Gasteiger partial charge in [0.05, 0.1) is 12.0 Å². The highest BCUT2D eigenvalue weighted by Gasteiger charge is 2.21. The van der Waals surface area contributed by atoms with E-state index >= 15 is 0 Å². The summed E-state index contributed by atoms with van der Waals surface area (Å²) in [6, 6.07) is 7.34. The van der Waals surface area contributed by atoms with Crippen LogP contribution in [0.2, 0.25) is 0 Å². The molecule has 4 rings (SSSR count). The molecule has 0 spiro atoms. The van der Waals surface area contributed by atoms with Crippen molar-refractivity contribution in [3.63, 3.8) is 0 Å². The van der Waals surface area contributed by atoms with Gasteiger partial charge in [-0.15, -0.1) is 0 Å². The number of pyridine rings is 1. The van der Waals surface area contributed by atoms with Gasteiger partial charge in [-0.2, -0.15) is 0 Å². The van der Waals surface area contributed by atoms with Gasteiger partial charge < -0.3 is 9.80 Å². The van der Waals surface area contributed by atoms with E-state index in [-0.39, 0.29) is 5.56 Å². The third-order valence-electron chi connectivity index (χ3n) is 5.35. The average molecular weight is 391 g/mol. The van der Waals surface area contributed by atoms with Crippen LogP contribution in [0.25, 0.3) is 11.3 Å². The number of nitrogens with zero attached hydrogens (tertiary/aromatic N) is 7. The Balaban J connectivity index is 1.39. The number of rotatable bonds is 5. The van der Waals surface area contributed by atoms with Crippen LogP contribution in [0.1, 0.15) is 12.8 Å². The minimum atomic E-state index is -0.0133. The fraction of sp³-hybridized carbons (Fsp3) is 0.381. The topological polar surface area (TPSA) is 80.0 Å². The molecule has 8 heteroatoms. The smallest absolute Gasteiger partial charge is 0.253 e. The van der Waals surface area contributed by atoms with Crippen LogP contribution in [0.3, 0.4) is 0 Å². The van der Waals surface area contributed by atoms with E-state index in [4.69, 9.17) is 0 Å². The van der Waals surface area contributed by atoms with Gasteiger partial charge in [0.15, 0.2) is 0 Å². The zero-order chi connectivity index (χ0) is 20.2. The molecule has 1 aliphatic rings. The van der Waals surface area contributed by atoms with Gasteiger partial charge in [0.2, 0.25) is 0 Å². The molecule has 0 unspecified atom stereocenters. The Morgan fingerprint density at radius 2 is 1.83 bits per heavy atom. The lowest BCUT2D eigenvalue weighted by Gasteiger charge is -2.33. The summed E-state index contributed by atoms with van der Waals surface area (Å²) in [6.45, 7) is 2.54. The van der Waals surface area contributed by atoms with Gasteiger partial charge in [0, 0.05) is 63.8 Å². The molecule has 8 nitrogen and oxygen atoms in total. The number of aromatic nitrogens is 5. The minimum absolute atomic E-state index is 0.0133. The van der Waals surface area contributed by atoms with Crippen LogP contribution < -0.4 is 15.4 Å². The van der Waals surface area contributed by atoms with E-state index in [0.717, 1.165) is 43.1 Å². The van der Waals surface area contributed by atoms with Crippen LogP contribution in [-0.2, 0) is 6.54 Å². The SMILES string of the molecule is CN(C)c1cc(N2CCC(Cn3cnc(-c4ccncc4)cc3=O)CC2)ncn1. The molecule has 0 atom stereocenters. The first-order chi connectivity index (χ1) is 14.1. The summed E-state index contributed by atoms with van der Waals surface area (Å²) in [5.41, 5.74) is 1.57. The molecule has 3 aromatic heterocycles. The highest BCUT2D eigenvalue weighted by Crippen LogP contribution is 2.24. The van der Waals surface area contributed by atoms with E-state index in [1.165, 1.54) is 0 Å².